The number of aromatic nitrogens is 1. The van der Waals surface area contributed by atoms with Gasteiger partial charge in [0, 0.05) is 30.4 Å². The van der Waals surface area contributed by atoms with Gasteiger partial charge in [0.15, 0.2) is 0 Å². The van der Waals surface area contributed by atoms with E-state index in [9.17, 15) is 4.79 Å². The summed E-state index contributed by atoms with van der Waals surface area (Å²) in [5, 5.41) is 12.2. The van der Waals surface area contributed by atoms with Gasteiger partial charge in [-0.05, 0) is 32.9 Å². The van der Waals surface area contributed by atoms with Gasteiger partial charge >= 0.3 is 5.97 Å². The van der Waals surface area contributed by atoms with E-state index in [2.05, 4.69) is 31.1 Å². The van der Waals surface area contributed by atoms with Gasteiger partial charge in [0.05, 0.1) is 5.56 Å². The van der Waals surface area contributed by atoms with Crippen molar-refractivity contribution in [2.75, 3.05) is 6.54 Å². The molecule has 4 nitrogen and oxygen atoms in total. The highest BCUT2D eigenvalue weighted by molar-refractivity contribution is 5.87. The van der Waals surface area contributed by atoms with Crippen LogP contribution in [-0.4, -0.2) is 28.1 Å². The lowest BCUT2D eigenvalue weighted by molar-refractivity contribution is 0.0696. The Balaban J connectivity index is 2.55. The van der Waals surface area contributed by atoms with E-state index < -0.39 is 5.97 Å². The molecule has 0 atom stereocenters. The summed E-state index contributed by atoms with van der Waals surface area (Å²) in [6, 6.07) is 3.12. The molecule has 0 saturated carbocycles. The summed E-state index contributed by atoms with van der Waals surface area (Å²) in [4.78, 5) is 14.9. The van der Waals surface area contributed by atoms with Crippen molar-refractivity contribution in [3.63, 3.8) is 0 Å². The van der Waals surface area contributed by atoms with E-state index in [1.807, 2.05) is 0 Å². The minimum atomic E-state index is -0.910. The molecule has 0 fully saturated rings. The lowest BCUT2D eigenvalue weighted by Crippen LogP contribution is -2.37. The molecule has 0 aliphatic carbocycles. The minimum absolute atomic E-state index is 0.0738. The van der Waals surface area contributed by atoms with Gasteiger partial charge in [-0.15, -0.1) is 0 Å². The van der Waals surface area contributed by atoms with Crippen molar-refractivity contribution >= 4 is 5.97 Å². The number of nitrogens with zero attached hydrogens (tertiary/aromatic N) is 1. The van der Waals surface area contributed by atoms with Crippen LogP contribution in [0.4, 0.5) is 0 Å². The molecule has 0 saturated heterocycles. The van der Waals surface area contributed by atoms with E-state index in [0.29, 0.717) is 5.56 Å². The molecule has 0 aliphatic rings. The average Bonchev–Trinajstić information content (AvgIpc) is 2.16. The van der Waals surface area contributed by atoms with E-state index >= 15 is 0 Å². The summed E-state index contributed by atoms with van der Waals surface area (Å²) in [6.07, 6.45) is 2.27. The Kier molecular flexibility index (Phi) is 4.01. The van der Waals surface area contributed by atoms with Crippen molar-refractivity contribution in [3.05, 3.63) is 29.6 Å². The molecular weight excluding hydrogens is 204 g/mol. The third kappa shape index (κ3) is 4.40. The summed E-state index contributed by atoms with van der Waals surface area (Å²) in [6.45, 7) is 7.07. The Hall–Kier alpha value is -1.42. The number of pyridine rings is 1. The summed E-state index contributed by atoms with van der Waals surface area (Å²) < 4.78 is 0. The molecule has 1 heterocycles. The maximum atomic E-state index is 10.7. The van der Waals surface area contributed by atoms with Gasteiger partial charge in [-0.1, -0.05) is 0 Å². The number of carboxylic acid groups (broad SMARTS) is 1. The molecule has 0 bridgehead atoms. The second-order valence-electron chi connectivity index (χ2n) is 4.77. The fraction of sp³-hybridized carbons (Fsp3) is 0.500. The first kappa shape index (κ1) is 12.6. The van der Waals surface area contributed by atoms with Gasteiger partial charge in [-0.25, -0.2) is 4.79 Å². The number of carboxylic acids is 1. The highest BCUT2D eigenvalue weighted by Crippen LogP contribution is 2.03. The zero-order valence-corrected chi connectivity index (χ0v) is 9.95. The number of nitrogens with one attached hydrogen (secondary N) is 1. The van der Waals surface area contributed by atoms with E-state index in [1.54, 1.807) is 6.07 Å². The predicted octanol–water partition coefficient (Wildman–Crippen LogP) is 1.71. The van der Waals surface area contributed by atoms with Gasteiger partial charge < -0.3 is 10.4 Å². The molecule has 0 spiro atoms. The molecule has 0 amide bonds. The molecule has 1 aromatic heterocycles. The standard InChI is InChI=1S/C12H18N2O2/c1-12(2,3)14-7-5-10-8-9(11(15)16)4-6-13-10/h4,6,8,14H,5,7H2,1-3H3,(H,15,16). The molecule has 88 valence electrons. The first-order chi connectivity index (χ1) is 7.38. The average molecular weight is 222 g/mol. The summed E-state index contributed by atoms with van der Waals surface area (Å²) in [5.41, 5.74) is 1.17. The van der Waals surface area contributed by atoms with E-state index in [-0.39, 0.29) is 5.54 Å². The SMILES string of the molecule is CC(C)(C)NCCc1cc(C(=O)O)ccn1. The highest BCUT2D eigenvalue weighted by atomic mass is 16.4. The zero-order valence-electron chi connectivity index (χ0n) is 9.95. The van der Waals surface area contributed by atoms with Crippen molar-refractivity contribution in [2.24, 2.45) is 0 Å². The van der Waals surface area contributed by atoms with Crippen LogP contribution in [0.5, 0.6) is 0 Å². The van der Waals surface area contributed by atoms with Gasteiger partial charge in [0.25, 0.3) is 0 Å². The number of carbonyl (C=O) groups is 1. The number of hydrogen-bond donors (Lipinski definition) is 2. The second-order valence-corrected chi connectivity index (χ2v) is 4.77. The van der Waals surface area contributed by atoms with Crippen molar-refractivity contribution < 1.29 is 9.90 Å². The number of rotatable bonds is 4. The van der Waals surface area contributed by atoms with Crippen LogP contribution in [0, 0.1) is 0 Å². The molecule has 0 radical (unpaired) electrons. The number of aromatic carboxylic acids is 1. The van der Waals surface area contributed by atoms with Crippen LogP contribution in [0.3, 0.4) is 0 Å². The molecule has 16 heavy (non-hydrogen) atoms. The first-order valence-electron chi connectivity index (χ1n) is 5.32. The van der Waals surface area contributed by atoms with E-state index in [0.717, 1.165) is 18.7 Å². The molecule has 0 aliphatic heterocycles. The van der Waals surface area contributed by atoms with Crippen LogP contribution in [0.2, 0.25) is 0 Å². The molecule has 1 rings (SSSR count). The van der Waals surface area contributed by atoms with E-state index in [4.69, 9.17) is 5.11 Å². The molecular formula is C12H18N2O2. The quantitative estimate of drug-likeness (QED) is 0.814. The predicted molar refractivity (Wildman–Crippen MR) is 62.7 cm³/mol. The Labute approximate surface area is 95.7 Å². The van der Waals surface area contributed by atoms with Crippen molar-refractivity contribution in [1.82, 2.24) is 10.3 Å². The molecule has 0 aromatic carbocycles. The molecule has 4 heteroatoms. The van der Waals surface area contributed by atoms with Crippen molar-refractivity contribution in [1.29, 1.82) is 0 Å². The topological polar surface area (TPSA) is 62.2 Å². The summed E-state index contributed by atoms with van der Waals surface area (Å²) >= 11 is 0. The van der Waals surface area contributed by atoms with Crippen LogP contribution in [0.15, 0.2) is 18.3 Å². The second kappa shape index (κ2) is 5.07. The van der Waals surface area contributed by atoms with Gasteiger partial charge in [-0.2, -0.15) is 0 Å². The zero-order chi connectivity index (χ0) is 12.2. The Morgan fingerprint density at radius 3 is 2.75 bits per heavy atom. The van der Waals surface area contributed by atoms with Gasteiger partial charge in [0.1, 0.15) is 0 Å². The Bertz CT molecular complexity index is 370. The third-order valence-corrected chi connectivity index (χ3v) is 2.10. The number of hydrogen-bond acceptors (Lipinski definition) is 3. The lowest BCUT2D eigenvalue weighted by atomic mass is 10.1. The highest BCUT2D eigenvalue weighted by Gasteiger charge is 2.09. The van der Waals surface area contributed by atoms with Crippen LogP contribution in [0.25, 0.3) is 0 Å². The summed E-state index contributed by atoms with van der Waals surface area (Å²) in [5.74, 6) is -0.910. The van der Waals surface area contributed by atoms with Gasteiger partial charge in [0.2, 0.25) is 0 Å². The molecule has 2 N–H and O–H groups in total. The Morgan fingerprint density at radius 1 is 1.50 bits per heavy atom. The normalized spacial score (nSPS) is 11.4. The van der Waals surface area contributed by atoms with Crippen molar-refractivity contribution in [2.45, 2.75) is 32.7 Å². The molecule has 1 aromatic rings. The Morgan fingerprint density at radius 2 is 2.19 bits per heavy atom. The minimum Gasteiger partial charge on any atom is -0.478 e. The smallest absolute Gasteiger partial charge is 0.335 e. The van der Waals surface area contributed by atoms with Crippen LogP contribution >= 0.6 is 0 Å². The molecule has 0 unspecified atom stereocenters. The first-order valence-corrected chi connectivity index (χ1v) is 5.32. The van der Waals surface area contributed by atoms with E-state index in [1.165, 1.54) is 12.3 Å². The fourth-order valence-corrected chi connectivity index (χ4v) is 1.31. The lowest BCUT2D eigenvalue weighted by Gasteiger charge is -2.20. The largest absolute Gasteiger partial charge is 0.478 e. The van der Waals surface area contributed by atoms with Crippen LogP contribution < -0.4 is 5.32 Å². The summed E-state index contributed by atoms with van der Waals surface area (Å²) in [7, 11) is 0. The van der Waals surface area contributed by atoms with Crippen LogP contribution in [-0.2, 0) is 6.42 Å². The third-order valence-electron chi connectivity index (χ3n) is 2.10. The maximum absolute atomic E-state index is 10.7. The fourth-order valence-electron chi connectivity index (χ4n) is 1.31. The van der Waals surface area contributed by atoms with Crippen LogP contribution in [0.1, 0.15) is 36.8 Å². The monoisotopic (exact) mass is 222 g/mol. The van der Waals surface area contributed by atoms with Crippen molar-refractivity contribution in [3.8, 4) is 0 Å². The van der Waals surface area contributed by atoms with Gasteiger partial charge in [-0.3, -0.25) is 4.98 Å². The maximum Gasteiger partial charge on any atom is 0.335 e.